The Morgan fingerprint density at radius 3 is 2.02 bits per heavy atom. The zero-order valence-electron chi connectivity index (χ0n) is 23.5. The molecule has 0 fully saturated rings. The third-order valence-electron chi connectivity index (χ3n) is 8.97. The average molecular weight is 562 g/mol. The number of hydrogen-bond donors (Lipinski definition) is 0. The van der Waals surface area contributed by atoms with Gasteiger partial charge in [-0.05, 0) is 51.2 Å². The lowest BCUT2D eigenvalue weighted by atomic mass is 10.0. The molecule has 0 saturated carbocycles. The van der Waals surface area contributed by atoms with Gasteiger partial charge in [-0.1, -0.05) is 115 Å². The van der Waals surface area contributed by atoms with E-state index in [-0.39, 0.29) is 0 Å². The van der Waals surface area contributed by atoms with E-state index < -0.39 is 0 Å². The third-order valence-corrected chi connectivity index (χ3v) is 8.97. The highest BCUT2D eigenvalue weighted by atomic mass is 16.3. The van der Waals surface area contributed by atoms with E-state index in [4.69, 9.17) is 14.4 Å². The number of fused-ring (bicyclic) bond motifs is 11. The first kappa shape index (κ1) is 23.6. The molecule has 0 amide bonds. The molecule has 0 atom stereocenters. The van der Waals surface area contributed by atoms with Crippen LogP contribution >= 0.6 is 0 Å². The van der Waals surface area contributed by atoms with Gasteiger partial charge < -0.3 is 4.42 Å². The highest BCUT2D eigenvalue weighted by Crippen LogP contribution is 2.41. The summed E-state index contributed by atoms with van der Waals surface area (Å²) in [6.45, 7) is 0. The van der Waals surface area contributed by atoms with Crippen molar-refractivity contribution in [2.45, 2.75) is 0 Å². The van der Waals surface area contributed by atoms with Gasteiger partial charge in [-0.15, -0.1) is 0 Å². The lowest BCUT2D eigenvalue weighted by molar-refractivity contribution is 0.666. The number of benzene rings is 7. The van der Waals surface area contributed by atoms with Crippen molar-refractivity contribution in [2.75, 3.05) is 0 Å². The summed E-state index contributed by atoms with van der Waals surface area (Å²) in [6, 6.07) is 49.1. The summed E-state index contributed by atoms with van der Waals surface area (Å²) in [6.07, 6.45) is 0. The van der Waals surface area contributed by atoms with Crippen LogP contribution in [0.25, 0.3) is 93.4 Å². The van der Waals surface area contributed by atoms with E-state index in [2.05, 4.69) is 126 Å². The molecule has 0 unspecified atom stereocenters. The van der Waals surface area contributed by atoms with Gasteiger partial charge >= 0.3 is 0 Å². The average Bonchev–Trinajstić information content (AvgIpc) is 3.64. The van der Waals surface area contributed by atoms with E-state index in [0.29, 0.717) is 11.5 Å². The number of nitrogens with zero attached hydrogens (tertiary/aromatic N) is 3. The van der Waals surface area contributed by atoms with Crippen LogP contribution < -0.4 is 0 Å². The predicted octanol–water partition coefficient (Wildman–Crippen LogP) is 10.6. The van der Waals surface area contributed by atoms with E-state index in [1.807, 2.05) is 18.2 Å². The smallest absolute Gasteiger partial charge is 0.236 e. The summed E-state index contributed by atoms with van der Waals surface area (Å²) in [5, 5.41) is 10.5. The van der Waals surface area contributed by atoms with Gasteiger partial charge in [0.15, 0.2) is 5.58 Å². The van der Waals surface area contributed by atoms with Gasteiger partial charge in [0.1, 0.15) is 16.8 Å². The minimum atomic E-state index is 0.624. The lowest BCUT2D eigenvalue weighted by Gasteiger charge is -2.11. The molecule has 0 spiro atoms. The number of rotatable bonds is 2. The van der Waals surface area contributed by atoms with Gasteiger partial charge in [0.25, 0.3) is 0 Å². The highest BCUT2D eigenvalue weighted by Gasteiger charge is 2.23. The lowest BCUT2D eigenvalue weighted by Crippen LogP contribution is -2.03. The Kier molecular flexibility index (Phi) is 4.69. The quantitative estimate of drug-likeness (QED) is 0.211. The van der Waals surface area contributed by atoms with E-state index in [9.17, 15) is 0 Å². The summed E-state index contributed by atoms with van der Waals surface area (Å²) in [5.74, 6) is 0.624. The Labute approximate surface area is 251 Å². The molecule has 10 aromatic rings. The van der Waals surface area contributed by atoms with E-state index in [0.717, 1.165) is 44.2 Å². The van der Waals surface area contributed by atoms with E-state index in [1.54, 1.807) is 0 Å². The second kappa shape index (κ2) is 8.76. The molecular weight excluding hydrogens is 538 g/mol. The molecule has 0 aliphatic rings. The SMILES string of the molecule is c1ccc2cc(-c3nc(-n4c5ccc6ccccc6c5c5ccc6ccccc6c54)nc4c3oc3ccccc34)ccc2c1. The molecule has 0 N–H and O–H groups in total. The van der Waals surface area contributed by atoms with Crippen LogP contribution in [0, 0.1) is 0 Å². The zero-order chi connectivity index (χ0) is 28.8. The first-order valence-electron chi connectivity index (χ1n) is 14.8. The molecule has 0 aliphatic heterocycles. The second-order valence-electron chi connectivity index (χ2n) is 11.4. The fourth-order valence-electron chi connectivity index (χ4n) is 6.97. The molecule has 0 bridgehead atoms. The standard InChI is InChI=1S/C40H23N3O/c1-2-12-27-23-28(18-17-24(27)9-1)36-39-37(31-15-7-8-16-34(31)44-39)42-40(41-36)43-33-22-20-25-10-3-5-13-29(25)35(33)32-21-19-26-11-4-6-14-30(26)38(32)43/h1-23H. The monoisotopic (exact) mass is 561 g/mol. The number of para-hydroxylation sites is 1. The van der Waals surface area contributed by atoms with E-state index >= 15 is 0 Å². The van der Waals surface area contributed by atoms with Gasteiger partial charge in [0.2, 0.25) is 5.95 Å². The van der Waals surface area contributed by atoms with Crippen molar-refractivity contribution in [2.24, 2.45) is 0 Å². The van der Waals surface area contributed by atoms with Crippen LogP contribution in [-0.2, 0) is 0 Å². The van der Waals surface area contributed by atoms with Gasteiger partial charge in [-0.2, -0.15) is 0 Å². The van der Waals surface area contributed by atoms with Crippen LogP contribution in [0.15, 0.2) is 144 Å². The van der Waals surface area contributed by atoms with Gasteiger partial charge in [0.05, 0.1) is 11.0 Å². The van der Waals surface area contributed by atoms with Crippen LogP contribution in [0.5, 0.6) is 0 Å². The Morgan fingerprint density at radius 2 is 1.16 bits per heavy atom. The molecule has 0 radical (unpaired) electrons. The minimum Gasteiger partial charge on any atom is -0.452 e. The summed E-state index contributed by atoms with van der Waals surface area (Å²) < 4.78 is 8.75. The van der Waals surface area contributed by atoms with E-state index in [1.165, 1.54) is 37.7 Å². The molecule has 44 heavy (non-hydrogen) atoms. The predicted molar refractivity (Wildman–Crippen MR) is 182 cm³/mol. The molecule has 4 heteroatoms. The number of aromatic nitrogens is 3. The summed E-state index contributed by atoms with van der Waals surface area (Å²) in [5.41, 5.74) is 6.26. The minimum absolute atomic E-state index is 0.624. The first-order valence-corrected chi connectivity index (χ1v) is 14.8. The molecule has 4 nitrogen and oxygen atoms in total. The summed E-state index contributed by atoms with van der Waals surface area (Å²) in [4.78, 5) is 10.7. The van der Waals surface area contributed by atoms with Crippen LogP contribution in [0.1, 0.15) is 0 Å². The van der Waals surface area contributed by atoms with Crippen molar-refractivity contribution in [3.8, 4) is 17.2 Å². The normalized spacial score (nSPS) is 12.1. The fourth-order valence-corrected chi connectivity index (χ4v) is 6.97. The molecule has 204 valence electrons. The maximum atomic E-state index is 6.49. The van der Waals surface area contributed by atoms with Crippen molar-refractivity contribution in [1.82, 2.24) is 14.5 Å². The highest BCUT2D eigenvalue weighted by molar-refractivity contribution is 6.26. The van der Waals surface area contributed by atoms with Crippen LogP contribution in [-0.4, -0.2) is 14.5 Å². The molecule has 7 aromatic carbocycles. The molecule has 0 saturated heterocycles. The Balaban J connectivity index is 1.40. The molecule has 3 heterocycles. The molecular formula is C40H23N3O. The van der Waals surface area contributed by atoms with Gasteiger partial charge in [-0.3, -0.25) is 4.57 Å². The van der Waals surface area contributed by atoms with Crippen molar-refractivity contribution < 1.29 is 4.42 Å². The third kappa shape index (κ3) is 3.22. The molecule has 3 aromatic heterocycles. The Bertz CT molecular complexity index is 2790. The molecule has 10 rings (SSSR count). The second-order valence-corrected chi connectivity index (χ2v) is 11.4. The fraction of sp³-hybridized carbons (Fsp3) is 0. The number of furan rings is 1. The van der Waals surface area contributed by atoms with Gasteiger partial charge in [-0.25, -0.2) is 9.97 Å². The van der Waals surface area contributed by atoms with Crippen LogP contribution in [0.2, 0.25) is 0 Å². The first-order chi connectivity index (χ1) is 21.8. The van der Waals surface area contributed by atoms with Crippen molar-refractivity contribution >= 4 is 76.2 Å². The Hall–Kier alpha value is -6.00. The van der Waals surface area contributed by atoms with Crippen LogP contribution in [0.3, 0.4) is 0 Å². The number of hydrogen-bond acceptors (Lipinski definition) is 3. The summed E-state index contributed by atoms with van der Waals surface area (Å²) >= 11 is 0. The maximum Gasteiger partial charge on any atom is 0.236 e. The zero-order valence-corrected chi connectivity index (χ0v) is 23.5. The van der Waals surface area contributed by atoms with Crippen molar-refractivity contribution in [1.29, 1.82) is 0 Å². The maximum absolute atomic E-state index is 6.49. The van der Waals surface area contributed by atoms with Crippen LogP contribution in [0.4, 0.5) is 0 Å². The topological polar surface area (TPSA) is 43.9 Å². The van der Waals surface area contributed by atoms with Crippen molar-refractivity contribution in [3.63, 3.8) is 0 Å². The Morgan fingerprint density at radius 1 is 0.500 bits per heavy atom. The molecule has 0 aliphatic carbocycles. The largest absolute Gasteiger partial charge is 0.452 e. The van der Waals surface area contributed by atoms with Gasteiger partial charge in [0, 0.05) is 27.1 Å². The summed E-state index contributed by atoms with van der Waals surface area (Å²) in [7, 11) is 0. The van der Waals surface area contributed by atoms with Crippen molar-refractivity contribution in [3.05, 3.63) is 140 Å².